The summed E-state index contributed by atoms with van der Waals surface area (Å²) in [7, 11) is 0. The molecule has 0 bridgehead atoms. The molecule has 0 spiro atoms. The molecule has 7 heteroatoms. The lowest BCUT2D eigenvalue weighted by Crippen LogP contribution is -2.28. The molecule has 0 unspecified atom stereocenters. The SMILES string of the molecule is C[C@H](NC(=O)CSc1nnc(C2CC2)n1Cc1ccccc1)c1ccco1. The predicted octanol–water partition coefficient (Wildman–Crippen LogP) is 3.77. The normalized spacial score (nSPS) is 14.9. The highest BCUT2D eigenvalue weighted by atomic mass is 32.2. The fraction of sp³-hybridized carbons (Fsp3) is 0.350. The van der Waals surface area contributed by atoms with Crippen molar-refractivity contribution in [2.45, 2.75) is 43.4 Å². The van der Waals surface area contributed by atoms with Crippen molar-refractivity contribution in [3.8, 4) is 0 Å². The van der Waals surface area contributed by atoms with Crippen LogP contribution in [0.5, 0.6) is 0 Å². The Morgan fingerprint density at radius 3 is 2.78 bits per heavy atom. The van der Waals surface area contributed by atoms with E-state index in [0.29, 0.717) is 11.7 Å². The van der Waals surface area contributed by atoms with Gasteiger partial charge in [0.1, 0.15) is 11.6 Å². The average molecular weight is 382 g/mol. The molecule has 0 aliphatic heterocycles. The fourth-order valence-electron chi connectivity index (χ4n) is 2.99. The van der Waals surface area contributed by atoms with Gasteiger partial charge in [-0.2, -0.15) is 0 Å². The second kappa shape index (κ2) is 8.00. The van der Waals surface area contributed by atoms with Gasteiger partial charge in [0.05, 0.1) is 24.6 Å². The molecule has 2 aromatic heterocycles. The van der Waals surface area contributed by atoms with E-state index in [1.807, 2.05) is 37.3 Å². The predicted molar refractivity (Wildman–Crippen MR) is 104 cm³/mol. The molecule has 1 N–H and O–H groups in total. The number of rotatable bonds is 8. The Hall–Kier alpha value is -2.54. The molecule has 3 aromatic rings. The van der Waals surface area contributed by atoms with E-state index in [-0.39, 0.29) is 11.9 Å². The number of nitrogens with zero attached hydrogens (tertiary/aromatic N) is 3. The zero-order chi connectivity index (χ0) is 18.6. The molecule has 1 aromatic carbocycles. The molecule has 27 heavy (non-hydrogen) atoms. The highest BCUT2D eigenvalue weighted by Crippen LogP contribution is 2.40. The third-order valence-corrected chi connectivity index (χ3v) is 5.52. The number of nitrogens with one attached hydrogen (secondary N) is 1. The van der Waals surface area contributed by atoms with Crippen LogP contribution in [0.25, 0.3) is 0 Å². The summed E-state index contributed by atoms with van der Waals surface area (Å²) in [4.78, 5) is 12.3. The number of hydrogen-bond donors (Lipinski definition) is 1. The first-order valence-electron chi connectivity index (χ1n) is 9.13. The number of carbonyl (C=O) groups excluding carboxylic acids is 1. The summed E-state index contributed by atoms with van der Waals surface area (Å²) in [6.45, 7) is 2.64. The summed E-state index contributed by atoms with van der Waals surface area (Å²) >= 11 is 1.43. The minimum atomic E-state index is -0.155. The summed E-state index contributed by atoms with van der Waals surface area (Å²) in [6, 6.07) is 13.8. The molecule has 140 valence electrons. The summed E-state index contributed by atoms with van der Waals surface area (Å²) in [5.74, 6) is 2.53. The first-order chi connectivity index (χ1) is 13.2. The van der Waals surface area contributed by atoms with Crippen molar-refractivity contribution >= 4 is 17.7 Å². The van der Waals surface area contributed by atoms with E-state index in [1.165, 1.54) is 30.2 Å². The van der Waals surface area contributed by atoms with Gasteiger partial charge in [0, 0.05) is 5.92 Å². The van der Waals surface area contributed by atoms with Gasteiger partial charge in [-0.3, -0.25) is 4.79 Å². The monoisotopic (exact) mass is 382 g/mol. The highest BCUT2D eigenvalue weighted by molar-refractivity contribution is 7.99. The van der Waals surface area contributed by atoms with E-state index in [1.54, 1.807) is 6.26 Å². The molecule has 1 atom stereocenters. The lowest BCUT2D eigenvalue weighted by Gasteiger charge is -2.12. The van der Waals surface area contributed by atoms with Crippen LogP contribution in [-0.2, 0) is 11.3 Å². The van der Waals surface area contributed by atoms with Crippen LogP contribution >= 0.6 is 11.8 Å². The second-order valence-electron chi connectivity index (χ2n) is 6.78. The Labute approximate surface area is 162 Å². The van der Waals surface area contributed by atoms with Crippen LogP contribution in [0.3, 0.4) is 0 Å². The van der Waals surface area contributed by atoms with Gasteiger partial charge >= 0.3 is 0 Å². The molecular weight excluding hydrogens is 360 g/mol. The van der Waals surface area contributed by atoms with Crippen LogP contribution in [0, 0.1) is 0 Å². The quantitative estimate of drug-likeness (QED) is 0.601. The van der Waals surface area contributed by atoms with Crippen molar-refractivity contribution in [1.29, 1.82) is 0 Å². The summed E-state index contributed by atoms with van der Waals surface area (Å²) in [5, 5.41) is 12.5. The Morgan fingerprint density at radius 2 is 2.07 bits per heavy atom. The molecule has 1 aliphatic carbocycles. The van der Waals surface area contributed by atoms with E-state index in [2.05, 4.69) is 32.2 Å². The molecular formula is C20H22N4O2S. The smallest absolute Gasteiger partial charge is 0.231 e. The number of carbonyl (C=O) groups is 1. The van der Waals surface area contributed by atoms with Crippen LogP contribution in [0.4, 0.5) is 0 Å². The molecule has 1 fully saturated rings. The van der Waals surface area contributed by atoms with Crippen LogP contribution in [0.1, 0.15) is 48.9 Å². The number of benzene rings is 1. The van der Waals surface area contributed by atoms with Gasteiger partial charge in [-0.25, -0.2) is 0 Å². The molecule has 6 nitrogen and oxygen atoms in total. The van der Waals surface area contributed by atoms with E-state index in [4.69, 9.17) is 4.42 Å². The maximum atomic E-state index is 12.3. The van der Waals surface area contributed by atoms with Gasteiger partial charge in [-0.05, 0) is 37.5 Å². The Balaban J connectivity index is 1.42. The minimum Gasteiger partial charge on any atom is -0.467 e. The van der Waals surface area contributed by atoms with E-state index < -0.39 is 0 Å². The molecule has 1 amide bonds. The zero-order valence-corrected chi connectivity index (χ0v) is 16.0. The lowest BCUT2D eigenvalue weighted by molar-refractivity contribution is -0.119. The van der Waals surface area contributed by atoms with Gasteiger partial charge in [-0.15, -0.1) is 10.2 Å². The molecule has 4 rings (SSSR count). The number of aromatic nitrogens is 3. The number of hydrogen-bond acceptors (Lipinski definition) is 5. The summed E-state index contributed by atoms with van der Waals surface area (Å²) in [6.07, 6.45) is 3.94. The number of thioether (sulfide) groups is 1. The Morgan fingerprint density at radius 1 is 1.26 bits per heavy atom. The standard InChI is InChI=1S/C20H22N4O2S/c1-14(17-8-5-11-26-17)21-18(25)13-27-20-23-22-19(16-9-10-16)24(20)12-15-6-3-2-4-7-15/h2-8,11,14,16H,9-10,12-13H2,1H3,(H,21,25)/t14-/m0/s1. The maximum Gasteiger partial charge on any atom is 0.231 e. The zero-order valence-electron chi connectivity index (χ0n) is 15.2. The Kier molecular flexibility index (Phi) is 5.29. The van der Waals surface area contributed by atoms with Gasteiger partial charge in [0.15, 0.2) is 5.16 Å². The van der Waals surface area contributed by atoms with Gasteiger partial charge < -0.3 is 14.3 Å². The van der Waals surface area contributed by atoms with Gasteiger partial charge in [0.2, 0.25) is 5.91 Å². The lowest BCUT2D eigenvalue weighted by atomic mass is 10.2. The first kappa shape index (κ1) is 17.9. The Bertz CT molecular complexity index is 888. The third-order valence-electron chi connectivity index (χ3n) is 4.55. The third kappa shape index (κ3) is 4.42. The highest BCUT2D eigenvalue weighted by Gasteiger charge is 2.30. The van der Waals surface area contributed by atoms with Crippen molar-refractivity contribution in [2.24, 2.45) is 0 Å². The largest absolute Gasteiger partial charge is 0.467 e. The first-order valence-corrected chi connectivity index (χ1v) is 10.1. The maximum absolute atomic E-state index is 12.3. The van der Waals surface area contributed by atoms with Crippen molar-refractivity contribution in [2.75, 3.05) is 5.75 Å². The fourth-order valence-corrected chi connectivity index (χ4v) is 3.74. The number of amides is 1. The van der Waals surface area contributed by atoms with Crippen LogP contribution in [0.15, 0.2) is 58.3 Å². The van der Waals surface area contributed by atoms with Crippen molar-refractivity contribution in [3.63, 3.8) is 0 Å². The molecule has 0 radical (unpaired) electrons. The molecule has 0 saturated heterocycles. The molecule has 1 aliphatic rings. The average Bonchev–Trinajstić information content (AvgIpc) is 3.21. The number of furan rings is 1. The minimum absolute atomic E-state index is 0.0499. The molecule has 1 saturated carbocycles. The van der Waals surface area contributed by atoms with E-state index in [9.17, 15) is 4.79 Å². The van der Waals surface area contributed by atoms with Gasteiger partial charge in [-0.1, -0.05) is 42.1 Å². The van der Waals surface area contributed by atoms with Crippen molar-refractivity contribution in [3.05, 3.63) is 65.9 Å². The topological polar surface area (TPSA) is 73.0 Å². The van der Waals surface area contributed by atoms with Crippen LogP contribution < -0.4 is 5.32 Å². The van der Waals surface area contributed by atoms with Crippen LogP contribution in [0.2, 0.25) is 0 Å². The molecule has 2 heterocycles. The second-order valence-corrected chi connectivity index (χ2v) is 7.72. The van der Waals surface area contributed by atoms with Crippen molar-refractivity contribution in [1.82, 2.24) is 20.1 Å². The van der Waals surface area contributed by atoms with E-state index >= 15 is 0 Å². The summed E-state index contributed by atoms with van der Waals surface area (Å²) < 4.78 is 7.49. The van der Waals surface area contributed by atoms with Gasteiger partial charge in [0.25, 0.3) is 0 Å². The van der Waals surface area contributed by atoms with Crippen LogP contribution in [-0.4, -0.2) is 26.4 Å². The van der Waals surface area contributed by atoms with E-state index in [0.717, 1.165) is 23.3 Å². The van der Waals surface area contributed by atoms with Crippen molar-refractivity contribution < 1.29 is 9.21 Å². The summed E-state index contributed by atoms with van der Waals surface area (Å²) in [5.41, 5.74) is 1.21.